The van der Waals surface area contributed by atoms with E-state index in [0.29, 0.717) is 5.56 Å². The van der Waals surface area contributed by atoms with Crippen LogP contribution in [-0.2, 0) is 0 Å². The highest BCUT2D eigenvalue weighted by Crippen LogP contribution is 2.25. The maximum absolute atomic E-state index is 11.0. The molecule has 1 saturated heterocycles. The van der Waals surface area contributed by atoms with E-state index in [9.17, 15) is 4.79 Å². The molecule has 0 unspecified atom stereocenters. The van der Waals surface area contributed by atoms with Gasteiger partial charge in [-0.15, -0.1) is 0 Å². The summed E-state index contributed by atoms with van der Waals surface area (Å²) >= 11 is 0. The van der Waals surface area contributed by atoms with Gasteiger partial charge in [-0.1, -0.05) is 6.92 Å². The van der Waals surface area contributed by atoms with E-state index in [4.69, 9.17) is 5.11 Å². The standard InChI is InChI=1S/C14H21N3O2.CH5N/c1-3-16-14(2)5-8-17(9-6-14)12-10-11(13(18)19)4-7-15-12;1-2/h4,7,10,16H,3,5-6,8-9H2,1-2H3,(H,18,19);2H2,1H3. The highest BCUT2D eigenvalue weighted by atomic mass is 16.4. The Morgan fingerprint density at radius 3 is 2.62 bits per heavy atom. The van der Waals surface area contributed by atoms with Gasteiger partial charge in [0.15, 0.2) is 0 Å². The molecule has 0 aliphatic carbocycles. The Labute approximate surface area is 126 Å². The Balaban J connectivity index is 0.00000106. The fourth-order valence-corrected chi connectivity index (χ4v) is 2.56. The van der Waals surface area contributed by atoms with Gasteiger partial charge < -0.3 is 21.1 Å². The number of nitrogens with zero attached hydrogens (tertiary/aromatic N) is 2. The first-order valence-corrected chi connectivity index (χ1v) is 7.31. The highest BCUT2D eigenvalue weighted by Gasteiger charge is 2.29. The number of anilines is 1. The molecule has 0 spiro atoms. The molecule has 0 amide bonds. The molecule has 1 fully saturated rings. The molecular formula is C15H26N4O2. The number of aromatic nitrogens is 1. The zero-order valence-corrected chi connectivity index (χ0v) is 13.1. The molecule has 21 heavy (non-hydrogen) atoms. The van der Waals surface area contributed by atoms with Crippen molar-refractivity contribution in [1.82, 2.24) is 10.3 Å². The predicted octanol–water partition coefficient (Wildman–Crippen LogP) is 1.32. The van der Waals surface area contributed by atoms with Crippen LogP contribution in [0.2, 0.25) is 0 Å². The topological polar surface area (TPSA) is 91.5 Å². The van der Waals surface area contributed by atoms with E-state index >= 15 is 0 Å². The minimum Gasteiger partial charge on any atom is -0.478 e. The van der Waals surface area contributed by atoms with Crippen LogP contribution in [0.5, 0.6) is 0 Å². The van der Waals surface area contributed by atoms with Gasteiger partial charge >= 0.3 is 5.97 Å². The molecule has 0 radical (unpaired) electrons. The summed E-state index contributed by atoms with van der Waals surface area (Å²) in [5.41, 5.74) is 4.99. The molecular weight excluding hydrogens is 268 g/mol. The van der Waals surface area contributed by atoms with Crippen LogP contribution < -0.4 is 16.0 Å². The lowest BCUT2D eigenvalue weighted by atomic mass is 9.89. The van der Waals surface area contributed by atoms with Crippen molar-refractivity contribution in [2.45, 2.75) is 32.2 Å². The average molecular weight is 294 g/mol. The van der Waals surface area contributed by atoms with Gasteiger partial charge in [-0.05, 0) is 45.5 Å². The highest BCUT2D eigenvalue weighted by molar-refractivity contribution is 5.88. The molecule has 1 aliphatic heterocycles. The van der Waals surface area contributed by atoms with Crippen LogP contribution in [0.25, 0.3) is 0 Å². The van der Waals surface area contributed by atoms with Crippen LogP contribution >= 0.6 is 0 Å². The SMILES string of the molecule is CCNC1(C)CCN(c2cc(C(=O)O)ccn2)CC1.CN. The van der Waals surface area contributed by atoms with E-state index in [1.54, 1.807) is 12.3 Å². The summed E-state index contributed by atoms with van der Waals surface area (Å²) in [4.78, 5) is 17.4. The zero-order valence-electron chi connectivity index (χ0n) is 13.1. The first-order chi connectivity index (χ1) is 10.0. The van der Waals surface area contributed by atoms with Crippen molar-refractivity contribution in [2.75, 3.05) is 31.6 Å². The van der Waals surface area contributed by atoms with Gasteiger partial charge in [-0.25, -0.2) is 9.78 Å². The Morgan fingerprint density at radius 2 is 2.10 bits per heavy atom. The van der Waals surface area contributed by atoms with Crippen LogP contribution in [0.3, 0.4) is 0 Å². The van der Waals surface area contributed by atoms with Crippen LogP contribution in [-0.4, -0.2) is 48.3 Å². The number of nitrogens with one attached hydrogen (secondary N) is 1. The maximum atomic E-state index is 11.0. The number of piperidine rings is 1. The molecule has 2 rings (SSSR count). The largest absolute Gasteiger partial charge is 0.478 e. The van der Waals surface area contributed by atoms with Gasteiger partial charge in [-0.2, -0.15) is 0 Å². The van der Waals surface area contributed by atoms with E-state index in [1.807, 2.05) is 0 Å². The number of carbonyl (C=O) groups is 1. The lowest BCUT2D eigenvalue weighted by Gasteiger charge is -2.40. The number of hydrogen-bond donors (Lipinski definition) is 3. The lowest BCUT2D eigenvalue weighted by molar-refractivity contribution is 0.0696. The Morgan fingerprint density at radius 1 is 1.48 bits per heavy atom. The zero-order chi connectivity index (χ0) is 15.9. The lowest BCUT2D eigenvalue weighted by Crippen LogP contribution is -2.51. The molecule has 6 nitrogen and oxygen atoms in total. The number of rotatable bonds is 4. The van der Waals surface area contributed by atoms with E-state index in [-0.39, 0.29) is 5.54 Å². The van der Waals surface area contributed by atoms with Crippen molar-refractivity contribution in [2.24, 2.45) is 5.73 Å². The Kier molecular flexibility index (Phi) is 6.58. The first-order valence-electron chi connectivity index (χ1n) is 7.31. The number of aromatic carboxylic acids is 1. The van der Waals surface area contributed by atoms with Crippen molar-refractivity contribution in [1.29, 1.82) is 0 Å². The number of carboxylic acid groups (broad SMARTS) is 1. The van der Waals surface area contributed by atoms with Gasteiger partial charge in [0.05, 0.1) is 5.56 Å². The molecule has 6 heteroatoms. The summed E-state index contributed by atoms with van der Waals surface area (Å²) in [5, 5.41) is 12.5. The van der Waals surface area contributed by atoms with Crippen LogP contribution in [0.4, 0.5) is 5.82 Å². The Bertz CT molecular complexity index is 457. The Hall–Kier alpha value is -1.66. The van der Waals surface area contributed by atoms with E-state index in [0.717, 1.165) is 38.3 Å². The minimum atomic E-state index is -0.904. The van der Waals surface area contributed by atoms with E-state index in [1.165, 1.54) is 13.1 Å². The second-order valence-corrected chi connectivity index (χ2v) is 5.29. The van der Waals surface area contributed by atoms with Crippen molar-refractivity contribution in [3.8, 4) is 0 Å². The molecule has 1 aromatic rings. The monoisotopic (exact) mass is 294 g/mol. The molecule has 1 aliphatic rings. The van der Waals surface area contributed by atoms with E-state index in [2.05, 4.69) is 34.8 Å². The van der Waals surface area contributed by atoms with Crippen LogP contribution in [0.15, 0.2) is 18.3 Å². The summed E-state index contributed by atoms with van der Waals surface area (Å²) in [6.07, 6.45) is 3.65. The van der Waals surface area contributed by atoms with Crippen molar-refractivity contribution in [3.63, 3.8) is 0 Å². The van der Waals surface area contributed by atoms with Crippen molar-refractivity contribution < 1.29 is 9.90 Å². The third kappa shape index (κ3) is 4.68. The molecule has 0 aromatic carbocycles. The summed E-state index contributed by atoms with van der Waals surface area (Å²) < 4.78 is 0. The molecule has 0 saturated carbocycles. The minimum absolute atomic E-state index is 0.190. The summed E-state index contributed by atoms with van der Waals surface area (Å²) in [6.45, 7) is 7.15. The van der Waals surface area contributed by atoms with Crippen molar-refractivity contribution in [3.05, 3.63) is 23.9 Å². The second kappa shape index (κ2) is 7.95. The molecule has 118 valence electrons. The van der Waals surface area contributed by atoms with Gasteiger partial charge in [0.2, 0.25) is 0 Å². The third-order valence-corrected chi connectivity index (χ3v) is 3.79. The first kappa shape index (κ1) is 17.4. The fourth-order valence-electron chi connectivity index (χ4n) is 2.56. The normalized spacial score (nSPS) is 16.9. The molecule has 0 atom stereocenters. The number of carboxylic acids is 1. The van der Waals surface area contributed by atoms with E-state index < -0.39 is 5.97 Å². The third-order valence-electron chi connectivity index (χ3n) is 3.79. The summed E-state index contributed by atoms with van der Waals surface area (Å²) in [7, 11) is 1.50. The van der Waals surface area contributed by atoms with Gasteiger partial charge in [0.25, 0.3) is 0 Å². The number of pyridine rings is 1. The molecule has 2 heterocycles. The number of nitrogens with two attached hydrogens (primary N) is 1. The van der Waals surface area contributed by atoms with Crippen LogP contribution in [0, 0.1) is 0 Å². The smallest absolute Gasteiger partial charge is 0.335 e. The van der Waals surface area contributed by atoms with Crippen molar-refractivity contribution >= 4 is 11.8 Å². The summed E-state index contributed by atoms with van der Waals surface area (Å²) in [6, 6.07) is 3.18. The fraction of sp³-hybridized carbons (Fsp3) is 0.600. The molecule has 4 N–H and O–H groups in total. The van der Waals surface area contributed by atoms with Crippen LogP contribution in [0.1, 0.15) is 37.0 Å². The quantitative estimate of drug-likeness (QED) is 0.776. The molecule has 1 aromatic heterocycles. The average Bonchev–Trinajstić information content (AvgIpc) is 2.50. The van der Waals surface area contributed by atoms with Gasteiger partial charge in [0, 0.05) is 24.8 Å². The predicted molar refractivity (Wildman–Crippen MR) is 84.8 cm³/mol. The number of hydrogen-bond acceptors (Lipinski definition) is 5. The summed E-state index contributed by atoms with van der Waals surface area (Å²) in [5.74, 6) is -0.142. The maximum Gasteiger partial charge on any atom is 0.335 e. The second-order valence-electron chi connectivity index (χ2n) is 5.29. The molecule has 0 bridgehead atoms. The van der Waals surface area contributed by atoms with Gasteiger partial charge in [0.1, 0.15) is 5.82 Å². The van der Waals surface area contributed by atoms with Gasteiger partial charge in [-0.3, -0.25) is 0 Å².